The first-order valence-corrected chi connectivity index (χ1v) is 7.93. The minimum atomic E-state index is 0.791. The molecule has 0 amide bonds. The van der Waals surface area contributed by atoms with Crippen LogP contribution in [-0.4, -0.2) is 62.2 Å². The molecule has 1 N–H and O–H groups in total. The van der Waals surface area contributed by atoms with Gasteiger partial charge in [0.1, 0.15) is 0 Å². The van der Waals surface area contributed by atoms with Crippen LogP contribution in [0.4, 0.5) is 0 Å². The van der Waals surface area contributed by atoms with Gasteiger partial charge in [0.15, 0.2) is 0 Å². The Bertz CT molecular complexity index is 226. The third-order valence-corrected chi connectivity index (χ3v) is 4.78. The first-order chi connectivity index (χ1) is 8.79. The van der Waals surface area contributed by atoms with E-state index < -0.39 is 0 Å². The third-order valence-electron chi connectivity index (χ3n) is 4.78. The summed E-state index contributed by atoms with van der Waals surface area (Å²) in [6.07, 6.45) is 6.85. The van der Waals surface area contributed by atoms with Crippen LogP contribution in [0.2, 0.25) is 0 Å². The Balaban J connectivity index is 1.78. The van der Waals surface area contributed by atoms with Crippen molar-refractivity contribution < 1.29 is 0 Å². The van der Waals surface area contributed by atoms with E-state index in [0.717, 1.165) is 12.0 Å². The van der Waals surface area contributed by atoms with Crippen molar-refractivity contribution >= 4 is 0 Å². The zero-order chi connectivity index (χ0) is 12.8. The molecule has 3 nitrogen and oxygen atoms in total. The van der Waals surface area contributed by atoms with Crippen molar-refractivity contribution in [1.82, 2.24) is 15.1 Å². The fourth-order valence-corrected chi connectivity index (χ4v) is 3.49. The van der Waals surface area contributed by atoms with Crippen molar-refractivity contribution in [3.8, 4) is 0 Å². The maximum Gasteiger partial charge on any atom is 0.0220 e. The van der Waals surface area contributed by atoms with Gasteiger partial charge in [-0.25, -0.2) is 0 Å². The van der Waals surface area contributed by atoms with Gasteiger partial charge in [0.05, 0.1) is 0 Å². The lowest BCUT2D eigenvalue weighted by atomic mass is 9.94. The van der Waals surface area contributed by atoms with Gasteiger partial charge in [0, 0.05) is 12.6 Å². The summed E-state index contributed by atoms with van der Waals surface area (Å²) in [6, 6.07) is 0.791. The number of rotatable bonds is 4. The van der Waals surface area contributed by atoms with E-state index in [-0.39, 0.29) is 0 Å². The minimum Gasteiger partial charge on any atom is -0.317 e. The lowest BCUT2D eigenvalue weighted by Gasteiger charge is -2.32. The van der Waals surface area contributed by atoms with Gasteiger partial charge in [-0.15, -0.1) is 0 Å². The molecule has 0 aromatic rings. The van der Waals surface area contributed by atoms with Crippen LogP contribution in [0.3, 0.4) is 0 Å². The van der Waals surface area contributed by atoms with Gasteiger partial charge in [0.25, 0.3) is 0 Å². The molecule has 0 saturated carbocycles. The fraction of sp³-hybridized carbons (Fsp3) is 1.00. The van der Waals surface area contributed by atoms with Gasteiger partial charge in [-0.05, 0) is 77.8 Å². The van der Waals surface area contributed by atoms with Crippen molar-refractivity contribution in [3.05, 3.63) is 0 Å². The first-order valence-electron chi connectivity index (χ1n) is 7.93. The molecular weight excluding hydrogens is 222 g/mol. The standard InChI is InChI=1S/C15H31N3/c1-3-15-13-17(2)10-4-11-18(15)12-7-14-5-8-16-9-6-14/h14-16H,3-13H2,1-2H3. The number of nitrogens with zero attached hydrogens (tertiary/aromatic N) is 2. The molecule has 1 atom stereocenters. The average Bonchev–Trinajstić information content (AvgIpc) is 2.59. The number of hydrogen-bond donors (Lipinski definition) is 1. The Morgan fingerprint density at radius 1 is 1.17 bits per heavy atom. The lowest BCUT2D eigenvalue weighted by Crippen LogP contribution is -2.41. The lowest BCUT2D eigenvalue weighted by molar-refractivity contribution is 0.166. The zero-order valence-electron chi connectivity index (χ0n) is 12.3. The molecule has 0 spiro atoms. The Labute approximate surface area is 113 Å². The van der Waals surface area contributed by atoms with E-state index in [0.29, 0.717) is 0 Å². The van der Waals surface area contributed by atoms with Gasteiger partial charge in [-0.3, -0.25) is 4.90 Å². The molecule has 0 aromatic carbocycles. The average molecular weight is 253 g/mol. The molecule has 0 radical (unpaired) electrons. The van der Waals surface area contributed by atoms with Crippen LogP contribution >= 0.6 is 0 Å². The molecule has 1 unspecified atom stereocenters. The van der Waals surface area contributed by atoms with E-state index in [1.54, 1.807) is 0 Å². The summed E-state index contributed by atoms with van der Waals surface area (Å²) in [5.41, 5.74) is 0. The van der Waals surface area contributed by atoms with E-state index in [1.807, 2.05) is 0 Å². The van der Waals surface area contributed by atoms with Crippen molar-refractivity contribution in [2.75, 3.05) is 46.3 Å². The maximum absolute atomic E-state index is 3.47. The van der Waals surface area contributed by atoms with Crippen LogP contribution in [0.5, 0.6) is 0 Å². The summed E-state index contributed by atoms with van der Waals surface area (Å²) in [5, 5.41) is 3.47. The predicted octanol–water partition coefficient (Wildman–Crippen LogP) is 1.79. The molecule has 0 aromatic heterocycles. The molecule has 0 bridgehead atoms. The van der Waals surface area contributed by atoms with Gasteiger partial charge >= 0.3 is 0 Å². The SMILES string of the molecule is CCC1CN(C)CCCN1CCC1CCNCC1. The third kappa shape index (κ3) is 4.22. The zero-order valence-corrected chi connectivity index (χ0v) is 12.3. The van der Waals surface area contributed by atoms with Crippen LogP contribution in [-0.2, 0) is 0 Å². The number of piperidine rings is 1. The van der Waals surface area contributed by atoms with Crippen molar-refractivity contribution in [3.63, 3.8) is 0 Å². The quantitative estimate of drug-likeness (QED) is 0.824. The highest BCUT2D eigenvalue weighted by Gasteiger charge is 2.23. The van der Waals surface area contributed by atoms with Crippen LogP contribution in [0, 0.1) is 5.92 Å². The van der Waals surface area contributed by atoms with E-state index in [4.69, 9.17) is 0 Å². The van der Waals surface area contributed by atoms with E-state index in [1.165, 1.54) is 71.4 Å². The van der Waals surface area contributed by atoms with Crippen LogP contribution < -0.4 is 5.32 Å². The molecule has 2 aliphatic heterocycles. The normalized spacial score (nSPS) is 29.3. The first kappa shape index (κ1) is 14.3. The van der Waals surface area contributed by atoms with Crippen LogP contribution in [0.1, 0.15) is 39.0 Å². The number of likely N-dealkylation sites (N-methyl/N-ethyl adjacent to an activating group) is 1. The largest absolute Gasteiger partial charge is 0.317 e. The summed E-state index contributed by atoms with van der Waals surface area (Å²) in [5.74, 6) is 0.977. The molecule has 106 valence electrons. The van der Waals surface area contributed by atoms with Gasteiger partial charge in [-0.1, -0.05) is 6.92 Å². The second kappa shape index (κ2) is 7.46. The Hall–Kier alpha value is -0.120. The van der Waals surface area contributed by atoms with Gasteiger partial charge < -0.3 is 10.2 Å². The summed E-state index contributed by atoms with van der Waals surface area (Å²) in [6.45, 7) is 10.0. The van der Waals surface area contributed by atoms with Crippen LogP contribution in [0.25, 0.3) is 0 Å². The molecule has 2 saturated heterocycles. The Morgan fingerprint density at radius 3 is 2.67 bits per heavy atom. The minimum absolute atomic E-state index is 0.791. The highest BCUT2D eigenvalue weighted by Crippen LogP contribution is 2.19. The molecule has 2 heterocycles. The monoisotopic (exact) mass is 253 g/mol. The summed E-state index contributed by atoms with van der Waals surface area (Å²) in [7, 11) is 2.28. The topological polar surface area (TPSA) is 18.5 Å². The van der Waals surface area contributed by atoms with E-state index in [9.17, 15) is 0 Å². The Morgan fingerprint density at radius 2 is 1.94 bits per heavy atom. The van der Waals surface area contributed by atoms with Gasteiger partial charge in [0.2, 0.25) is 0 Å². The second-order valence-electron chi connectivity index (χ2n) is 6.20. The Kier molecular flexibility index (Phi) is 5.93. The van der Waals surface area contributed by atoms with Crippen molar-refractivity contribution in [2.24, 2.45) is 5.92 Å². The molecular formula is C15H31N3. The smallest absolute Gasteiger partial charge is 0.0220 e. The molecule has 2 aliphatic rings. The summed E-state index contributed by atoms with van der Waals surface area (Å²) >= 11 is 0. The molecule has 3 heteroatoms. The summed E-state index contributed by atoms with van der Waals surface area (Å²) in [4.78, 5) is 5.28. The van der Waals surface area contributed by atoms with Crippen molar-refractivity contribution in [1.29, 1.82) is 0 Å². The highest BCUT2D eigenvalue weighted by molar-refractivity contribution is 4.79. The molecule has 18 heavy (non-hydrogen) atoms. The van der Waals surface area contributed by atoms with Crippen molar-refractivity contribution in [2.45, 2.75) is 45.1 Å². The van der Waals surface area contributed by atoms with Gasteiger partial charge in [-0.2, -0.15) is 0 Å². The highest BCUT2D eigenvalue weighted by atomic mass is 15.2. The second-order valence-corrected chi connectivity index (χ2v) is 6.20. The predicted molar refractivity (Wildman–Crippen MR) is 78.0 cm³/mol. The van der Waals surface area contributed by atoms with Crippen LogP contribution in [0.15, 0.2) is 0 Å². The maximum atomic E-state index is 3.47. The molecule has 2 rings (SSSR count). The number of nitrogens with one attached hydrogen (secondary N) is 1. The van der Waals surface area contributed by atoms with E-state index in [2.05, 4.69) is 29.1 Å². The molecule has 0 aliphatic carbocycles. The molecule has 2 fully saturated rings. The van der Waals surface area contributed by atoms with E-state index >= 15 is 0 Å². The number of hydrogen-bond acceptors (Lipinski definition) is 3. The summed E-state index contributed by atoms with van der Waals surface area (Å²) < 4.78 is 0. The fourth-order valence-electron chi connectivity index (χ4n) is 3.49.